The molecule has 0 bridgehead atoms. The van der Waals surface area contributed by atoms with Crippen molar-refractivity contribution in [2.75, 3.05) is 11.6 Å². The van der Waals surface area contributed by atoms with E-state index in [9.17, 15) is 13.2 Å². The molecule has 2 rings (SSSR count). The van der Waals surface area contributed by atoms with Gasteiger partial charge < -0.3 is 14.8 Å². The Balaban J connectivity index is 2.17. The molecule has 1 heterocycles. The first kappa shape index (κ1) is 15.4. The van der Waals surface area contributed by atoms with E-state index in [1.165, 1.54) is 30.3 Å². The summed E-state index contributed by atoms with van der Waals surface area (Å²) < 4.78 is 28.1. The first-order valence-corrected chi connectivity index (χ1v) is 8.10. The van der Waals surface area contributed by atoms with Gasteiger partial charge in [0, 0.05) is 6.26 Å². The molecule has 0 saturated heterocycles. The van der Waals surface area contributed by atoms with Crippen LogP contribution in [0, 0.1) is 0 Å². The molecule has 0 amide bonds. The van der Waals surface area contributed by atoms with Crippen LogP contribution in [-0.4, -0.2) is 25.7 Å². The third-order valence-corrected chi connectivity index (χ3v) is 4.13. The third-order valence-electron chi connectivity index (χ3n) is 2.69. The predicted molar refractivity (Wildman–Crippen MR) is 77.6 cm³/mol. The molecule has 8 heteroatoms. The molecule has 1 aromatic carbocycles. The molecule has 6 nitrogen and oxygen atoms in total. The molecule has 0 radical (unpaired) electrons. The standard InChI is InChI=1S/C13H12ClNO5S/c1-21(18,19)9-3-4-10(14)11(6-9)15-7-8-2-5-12(20-8)13(16)17/h2-6,15H,7H2,1H3,(H,16,17). The number of carbonyl (C=O) groups is 1. The van der Waals surface area contributed by atoms with Crippen molar-refractivity contribution in [1.82, 2.24) is 0 Å². The molecule has 2 aromatic rings. The molecule has 21 heavy (non-hydrogen) atoms. The third kappa shape index (κ3) is 3.77. The summed E-state index contributed by atoms with van der Waals surface area (Å²) in [6.07, 6.45) is 1.10. The molecule has 0 saturated carbocycles. The van der Waals surface area contributed by atoms with Gasteiger partial charge in [-0.2, -0.15) is 0 Å². The number of rotatable bonds is 5. The van der Waals surface area contributed by atoms with E-state index in [4.69, 9.17) is 21.1 Å². The molecule has 112 valence electrons. The predicted octanol–water partition coefficient (Wildman–Crippen LogP) is 2.65. The molecule has 0 unspecified atom stereocenters. The first-order chi connectivity index (χ1) is 9.77. The van der Waals surface area contributed by atoms with Crippen molar-refractivity contribution in [3.05, 3.63) is 46.9 Å². The average Bonchev–Trinajstić information content (AvgIpc) is 2.85. The number of carboxylic acids is 1. The molecular formula is C13H12ClNO5S. The number of furan rings is 1. The van der Waals surface area contributed by atoms with E-state index in [0.717, 1.165) is 6.26 Å². The van der Waals surface area contributed by atoms with Crippen molar-refractivity contribution < 1.29 is 22.7 Å². The Kier molecular flexibility index (Phi) is 4.24. The summed E-state index contributed by atoms with van der Waals surface area (Å²) in [7, 11) is -3.33. The van der Waals surface area contributed by atoms with Gasteiger partial charge in [-0.3, -0.25) is 0 Å². The molecule has 0 fully saturated rings. The van der Waals surface area contributed by atoms with Gasteiger partial charge in [-0.25, -0.2) is 13.2 Å². The Bertz CT molecular complexity index is 782. The fraction of sp³-hybridized carbons (Fsp3) is 0.154. The molecule has 1 aromatic heterocycles. The fourth-order valence-corrected chi connectivity index (χ4v) is 2.47. The number of nitrogens with one attached hydrogen (secondary N) is 1. The number of carboxylic acid groups (broad SMARTS) is 1. The van der Waals surface area contributed by atoms with Crippen LogP contribution in [0.3, 0.4) is 0 Å². The molecule has 0 aliphatic carbocycles. The normalized spacial score (nSPS) is 11.3. The molecule has 0 aliphatic rings. The Hall–Kier alpha value is -1.99. The van der Waals surface area contributed by atoms with Crippen molar-refractivity contribution in [1.29, 1.82) is 0 Å². The second-order valence-electron chi connectivity index (χ2n) is 4.34. The van der Waals surface area contributed by atoms with Crippen LogP contribution in [0.15, 0.2) is 39.6 Å². The Morgan fingerprint density at radius 2 is 2.05 bits per heavy atom. The summed E-state index contributed by atoms with van der Waals surface area (Å²) >= 11 is 5.99. The number of halogens is 1. The monoisotopic (exact) mass is 329 g/mol. The van der Waals surface area contributed by atoms with Gasteiger partial charge in [-0.1, -0.05) is 11.6 Å². The summed E-state index contributed by atoms with van der Waals surface area (Å²) in [6, 6.07) is 7.17. The maximum Gasteiger partial charge on any atom is 0.371 e. The smallest absolute Gasteiger partial charge is 0.371 e. The van der Waals surface area contributed by atoms with Gasteiger partial charge in [0.05, 0.1) is 22.2 Å². The lowest BCUT2D eigenvalue weighted by molar-refractivity contribution is 0.0660. The van der Waals surface area contributed by atoms with Gasteiger partial charge in [0.25, 0.3) is 0 Å². The van der Waals surface area contributed by atoms with E-state index in [0.29, 0.717) is 16.5 Å². The van der Waals surface area contributed by atoms with E-state index in [1.54, 1.807) is 0 Å². The lowest BCUT2D eigenvalue weighted by Gasteiger charge is -2.08. The van der Waals surface area contributed by atoms with E-state index >= 15 is 0 Å². The van der Waals surface area contributed by atoms with Crippen LogP contribution in [-0.2, 0) is 16.4 Å². The second-order valence-corrected chi connectivity index (χ2v) is 6.76. The van der Waals surface area contributed by atoms with Crippen LogP contribution in [0.1, 0.15) is 16.3 Å². The number of sulfone groups is 1. The van der Waals surface area contributed by atoms with E-state index in [1.807, 2.05) is 0 Å². The first-order valence-electron chi connectivity index (χ1n) is 5.83. The fourth-order valence-electron chi connectivity index (χ4n) is 1.64. The summed E-state index contributed by atoms with van der Waals surface area (Å²) in [5.74, 6) is -0.922. The summed E-state index contributed by atoms with van der Waals surface area (Å²) in [5.41, 5.74) is 0.424. The zero-order valence-electron chi connectivity index (χ0n) is 11.0. The van der Waals surface area contributed by atoms with Crippen molar-refractivity contribution in [2.24, 2.45) is 0 Å². The highest BCUT2D eigenvalue weighted by atomic mass is 35.5. The van der Waals surface area contributed by atoms with Crippen molar-refractivity contribution in [3.8, 4) is 0 Å². The van der Waals surface area contributed by atoms with Crippen LogP contribution in [0.4, 0.5) is 5.69 Å². The number of benzene rings is 1. The van der Waals surface area contributed by atoms with Crippen LogP contribution in [0.25, 0.3) is 0 Å². The van der Waals surface area contributed by atoms with Gasteiger partial charge in [0.15, 0.2) is 9.84 Å². The lowest BCUT2D eigenvalue weighted by atomic mass is 10.3. The lowest BCUT2D eigenvalue weighted by Crippen LogP contribution is -2.02. The molecular weight excluding hydrogens is 318 g/mol. The Morgan fingerprint density at radius 3 is 2.62 bits per heavy atom. The van der Waals surface area contributed by atoms with Gasteiger partial charge in [-0.15, -0.1) is 0 Å². The Morgan fingerprint density at radius 1 is 1.33 bits per heavy atom. The van der Waals surface area contributed by atoms with E-state index in [2.05, 4.69) is 5.32 Å². The van der Waals surface area contributed by atoms with E-state index in [-0.39, 0.29) is 17.2 Å². The highest BCUT2D eigenvalue weighted by Gasteiger charge is 2.12. The molecule has 0 spiro atoms. The minimum Gasteiger partial charge on any atom is -0.475 e. The van der Waals surface area contributed by atoms with Crippen molar-refractivity contribution in [3.63, 3.8) is 0 Å². The maximum atomic E-state index is 11.5. The molecule has 0 aliphatic heterocycles. The zero-order chi connectivity index (χ0) is 15.6. The van der Waals surface area contributed by atoms with Crippen LogP contribution >= 0.6 is 11.6 Å². The minimum atomic E-state index is -3.33. The zero-order valence-corrected chi connectivity index (χ0v) is 12.5. The van der Waals surface area contributed by atoms with Gasteiger partial charge in [-0.05, 0) is 30.3 Å². The Labute approximate surface area is 126 Å². The summed E-state index contributed by atoms with van der Waals surface area (Å²) in [6.45, 7) is 0.181. The van der Waals surface area contributed by atoms with Crippen molar-refractivity contribution >= 4 is 33.1 Å². The largest absolute Gasteiger partial charge is 0.475 e. The van der Waals surface area contributed by atoms with Crippen LogP contribution in [0.2, 0.25) is 5.02 Å². The van der Waals surface area contributed by atoms with Gasteiger partial charge in [0.2, 0.25) is 5.76 Å². The number of aromatic carboxylic acids is 1. The van der Waals surface area contributed by atoms with Crippen LogP contribution in [0.5, 0.6) is 0 Å². The summed E-state index contributed by atoms with van der Waals surface area (Å²) in [4.78, 5) is 10.8. The molecule has 2 N–H and O–H groups in total. The van der Waals surface area contributed by atoms with E-state index < -0.39 is 15.8 Å². The summed E-state index contributed by atoms with van der Waals surface area (Å²) in [5, 5.41) is 12.0. The van der Waals surface area contributed by atoms with Gasteiger partial charge in [0.1, 0.15) is 5.76 Å². The minimum absolute atomic E-state index is 0.139. The number of hydrogen-bond acceptors (Lipinski definition) is 5. The molecule has 0 atom stereocenters. The van der Waals surface area contributed by atoms with Crippen LogP contribution < -0.4 is 5.32 Å². The van der Waals surface area contributed by atoms with Gasteiger partial charge >= 0.3 is 5.97 Å². The maximum absolute atomic E-state index is 11.5. The average molecular weight is 330 g/mol. The SMILES string of the molecule is CS(=O)(=O)c1ccc(Cl)c(NCc2ccc(C(=O)O)o2)c1. The highest BCUT2D eigenvalue weighted by molar-refractivity contribution is 7.90. The topological polar surface area (TPSA) is 96.6 Å². The highest BCUT2D eigenvalue weighted by Crippen LogP contribution is 2.26. The van der Waals surface area contributed by atoms with Crippen molar-refractivity contribution in [2.45, 2.75) is 11.4 Å². The quantitative estimate of drug-likeness (QED) is 0.875. The number of hydrogen-bond donors (Lipinski definition) is 2. The number of anilines is 1. The second kappa shape index (κ2) is 5.79.